The third-order valence-electron chi connectivity index (χ3n) is 9.04. The van der Waals surface area contributed by atoms with Gasteiger partial charge < -0.3 is 0 Å². The topological polar surface area (TPSA) is 94.8 Å². The molecule has 3 fully saturated rings. The number of rotatable bonds is 7. The summed E-state index contributed by atoms with van der Waals surface area (Å²) < 4.78 is 12.4. The first-order valence-corrected chi connectivity index (χ1v) is 15.5. The molecular formula is C24H41IO5. The van der Waals surface area contributed by atoms with E-state index in [0.29, 0.717) is 24.5 Å². The fourth-order valence-electron chi connectivity index (χ4n) is 7.02. The van der Waals surface area contributed by atoms with Crippen molar-refractivity contribution in [1.29, 1.82) is 0 Å². The Kier molecular flexibility index (Phi) is 7.61. The Morgan fingerprint density at radius 3 is 2.63 bits per heavy atom. The summed E-state index contributed by atoms with van der Waals surface area (Å²) in [4.78, 5) is 24.8. The third-order valence-corrected chi connectivity index (χ3v) is 14.2. The van der Waals surface area contributed by atoms with Crippen molar-refractivity contribution in [2.75, 3.05) is 4.43 Å². The maximum absolute atomic E-state index is 13.7. The number of carbonyl (C=O) groups is 2. The van der Waals surface area contributed by atoms with Gasteiger partial charge in [-0.1, -0.05) is 0 Å². The van der Waals surface area contributed by atoms with E-state index >= 15 is 0 Å². The van der Waals surface area contributed by atoms with Gasteiger partial charge >= 0.3 is 190 Å². The minimum absolute atomic E-state index is 0.0623. The first-order valence-electron chi connectivity index (χ1n) is 11.8. The van der Waals surface area contributed by atoms with Crippen LogP contribution in [0.2, 0.25) is 0 Å². The molecule has 0 bridgehead atoms. The van der Waals surface area contributed by atoms with E-state index in [1.807, 2.05) is 0 Å². The van der Waals surface area contributed by atoms with Gasteiger partial charge in [0.1, 0.15) is 0 Å². The number of carboxylic acid groups (broad SMARTS) is 1. The Morgan fingerprint density at radius 1 is 1.30 bits per heavy atom. The molecule has 1 heterocycles. The fourth-order valence-corrected chi connectivity index (χ4v) is 13.6. The van der Waals surface area contributed by atoms with Crippen LogP contribution < -0.4 is 0 Å². The fraction of sp³-hybridized carbons (Fsp3) is 0.917. The quantitative estimate of drug-likeness (QED) is 0.320. The molecule has 5 nitrogen and oxygen atoms in total. The number of alkyl halides is 2. The van der Waals surface area contributed by atoms with Gasteiger partial charge in [-0.15, -0.1) is 0 Å². The Labute approximate surface area is 189 Å². The van der Waals surface area contributed by atoms with Gasteiger partial charge in [-0.05, 0) is 0 Å². The number of aliphatic hydroxyl groups excluding tert-OH is 1. The van der Waals surface area contributed by atoms with Gasteiger partial charge in [0.2, 0.25) is 0 Å². The number of aliphatic hydroxyl groups is 1. The number of carbonyl (C=O) groups excluding carboxylic acids is 1. The molecule has 30 heavy (non-hydrogen) atoms. The first-order chi connectivity index (χ1) is 14.0. The van der Waals surface area contributed by atoms with Gasteiger partial charge in [-0.25, -0.2) is 0 Å². The second-order valence-corrected chi connectivity index (χ2v) is 15.4. The van der Waals surface area contributed by atoms with Crippen molar-refractivity contribution in [2.24, 2.45) is 34.5 Å². The zero-order valence-corrected chi connectivity index (χ0v) is 21.2. The van der Waals surface area contributed by atoms with Crippen LogP contribution in [0.1, 0.15) is 85.5 Å². The van der Waals surface area contributed by atoms with E-state index in [0.717, 1.165) is 43.0 Å². The van der Waals surface area contributed by atoms with E-state index < -0.39 is 31.6 Å². The predicted molar refractivity (Wildman–Crippen MR) is 127 cm³/mol. The van der Waals surface area contributed by atoms with Crippen LogP contribution in [0.3, 0.4) is 0 Å². The number of hydrogen-bond acceptors (Lipinski definition) is 4. The third kappa shape index (κ3) is 4.47. The van der Waals surface area contributed by atoms with Crippen molar-refractivity contribution in [2.45, 2.75) is 95.5 Å². The van der Waals surface area contributed by atoms with Crippen LogP contribution in [0.4, 0.5) is 0 Å². The molecule has 0 radical (unpaired) electrons. The average molecular weight is 536 g/mol. The Morgan fingerprint density at radius 2 is 2.00 bits per heavy atom. The summed E-state index contributed by atoms with van der Waals surface area (Å²) in [5.41, 5.74) is -0.391. The number of carboxylic acids is 1. The molecule has 3 aliphatic rings. The predicted octanol–water partition coefficient (Wildman–Crippen LogP) is 4.85. The van der Waals surface area contributed by atoms with Crippen molar-refractivity contribution in [1.82, 2.24) is 0 Å². The minimum atomic E-state index is -2.19. The van der Waals surface area contributed by atoms with Gasteiger partial charge in [0, 0.05) is 0 Å². The molecule has 0 spiro atoms. The average Bonchev–Trinajstić information content (AvgIpc) is 2.68. The maximum atomic E-state index is 13.7. The molecule has 8 atom stereocenters. The molecule has 2 saturated carbocycles. The van der Waals surface area contributed by atoms with Crippen LogP contribution in [-0.2, 0) is 9.59 Å². The van der Waals surface area contributed by atoms with Crippen molar-refractivity contribution in [3.05, 3.63) is 0 Å². The number of halogens is 1. The molecule has 0 aromatic rings. The molecule has 0 aromatic heterocycles. The Hall–Kier alpha value is -0.210. The van der Waals surface area contributed by atoms with Gasteiger partial charge in [-0.3, -0.25) is 0 Å². The van der Waals surface area contributed by atoms with Crippen molar-refractivity contribution < 1.29 is 23.2 Å². The molecule has 3 rings (SSSR count). The molecular weight excluding hydrogens is 495 g/mol. The zero-order valence-electron chi connectivity index (χ0n) is 19.1. The monoisotopic (exact) mass is 536 g/mol. The van der Waals surface area contributed by atoms with E-state index in [-0.39, 0.29) is 39.6 Å². The van der Waals surface area contributed by atoms with Crippen LogP contribution in [0, 0.1) is 34.5 Å². The van der Waals surface area contributed by atoms with Gasteiger partial charge in [-0.2, -0.15) is 0 Å². The van der Waals surface area contributed by atoms with Crippen LogP contribution in [0.15, 0.2) is 0 Å². The standard InChI is InChI=1S/C24H41IO5/c1-5-6-18(15(2)7-8-22(28)29)24(4)13-20-19(12-21(24)27)23(3)10-9-17(26)11-16(23)14-25(20)30/h15-20,26,30H,5-14H2,1-4H3,(H,28,29)/t15-,16+,17-,18-,19+,20?,23+,24+/m1/s1. The second kappa shape index (κ2) is 9.34. The molecule has 2 aliphatic carbocycles. The van der Waals surface area contributed by atoms with Crippen molar-refractivity contribution in [3.8, 4) is 0 Å². The Bertz CT molecular complexity index is 654. The first kappa shape index (κ1) is 24.4. The van der Waals surface area contributed by atoms with E-state index in [1.165, 1.54) is 0 Å². The summed E-state index contributed by atoms with van der Waals surface area (Å²) in [5.74, 6) is 0.544. The molecule has 0 aromatic carbocycles. The van der Waals surface area contributed by atoms with Gasteiger partial charge in [0.15, 0.2) is 0 Å². The molecule has 1 unspecified atom stereocenters. The SMILES string of the molecule is CCC[C@H]([C@H](C)CCC(=O)O)[C@]1(C)CC2[C@H](CC1=O)[C@@]1(C)CC[C@@H](O)C[C@H]1CI2O. The van der Waals surface area contributed by atoms with Crippen molar-refractivity contribution >= 4 is 32.0 Å². The number of aliphatic carboxylic acids is 1. The van der Waals surface area contributed by atoms with E-state index in [2.05, 4.69) is 27.7 Å². The van der Waals surface area contributed by atoms with Gasteiger partial charge in [0.05, 0.1) is 0 Å². The normalized spacial score (nSPS) is 42.2. The number of Topliss-reactive ketones (excluding diaryl/α,β-unsaturated/α-hetero) is 1. The van der Waals surface area contributed by atoms with Crippen LogP contribution >= 0.6 is 20.2 Å². The number of hydrogen-bond donors (Lipinski definition) is 3. The van der Waals surface area contributed by atoms with E-state index in [1.54, 1.807) is 0 Å². The molecule has 3 N–H and O–H groups in total. The van der Waals surface area contributed by atoms with Crippen LogP contribution in [-0.4, -0.2) is 39.9 Å². The molecule has 174 valence electrons. The summed E-state index contributed by atoms with van der Waals surface area (Å²) >= 11 is -2.19. The summed E-state index contributed by atoms with van der Waals surface area (Å²) in [6.45, 7) is 8.69. The molecule has 1 aliphatic heterocycles. The van der Waals surface area contributed by atoms with E-state index in [4.69, 9.17) is 5.11 Å². The molecule has 1 saturated heterocycles. The van der Waals surface area contributed by atoms with Crippen molar-refractivity contribution in [3.63, 3.8) is 0 Å². The number of fused-ring (bicyclic) bond motifs is 3. The van der Waals surface area contributed by atoms with E-state index in [9.17, 15) is 18.1 Å². The molecule has 0 amide bonds. The summed E-state index contributed by atoms with van der Waals surface area (Å²) in [6.07, 6.45) is 6.32. The summed E-state index contributed by atoms with van der Waals surface area (Å²) in [5, 5.41) is 19.3. The second-order valence-electron chi connectivity index (χ2n) is 10.8. The summed E-state index contributed by atoms with van der Waals surface area (Å²) in [6, 6.07) is 0. The number of ketones is 1. The van der Waals surface area contributed by atoms with Gasteiger partial charge in [0.25, 0.3) is 0 Å². The Balaban J connectivity index is 1.85. The summed E-state index contributed by atoms with van der Waals surface area (Å²) in [7, 11) is 0. The molecule has 6 heteroatoms. The van der Waals surface area contributed by atoms with Crippen LogP contribution in [0.5, 0.6) is 0 Å². The van der Waals surface area contributed by atoms with Crippen LogP contribution in [0.25, 0.3) is 0 Å². The zero-order chi connectivity index (χ0) is 22.3.